The van der Waals surface area contributed by atoms with Gasteiger partial charge in [0.2, 0.25) is 5.43 Å². The third-order valence-electron chi connectivity index (χ3n) is 3.48. The SMILES string of the molecule is COc1cc(=O)c2c(O)c3c(=O)/c(=C(/C)O)ccc3oc2c1. The summed E-state index contributed by atoms with van der Waals surface area (Å²) < 4.78 is 10.5. The van der Waals surface area contributed by atoms with Gasteiger partial charge in [0.15, 0.2) is 5.43 Å². The maximum absolute atomic E-state index is 12.3. The minimum absolute atomic E-state index is 0.0401. The Labute approximate surface area is 123 Å². The van der Waals surface area contributed by atoms with Crippen LogP contribution in [0.1, 0.15) is 6.92 Å². The van der Waals surface area contributed by atoms with Gasteiger partial charge in [-0.25, -0.2) is 0 Å². The summed E-state index contributed by atoms with van der Waals surface area (Å²) in [6.07, 6.45) is 0. The van der Waals surface area contributed by atoms with E-state index in [4.69, 9.17) is 9.15 Å². The molecule has 0 aliphatic heterocycles. The quantitative estimate of drug-likeness (QED) is 0.660. The second-order valence-electron chi connectivity index (χ2n) is 4.85. The largest absolute Gasteiger partial charge is 0.512 e. The lowest BCUT2D eigenvalue weighted by Crippen LogP contribution is -2.26. The second kappa shape index (κ2) is 4.77. The summed E-state index contributed by atoms with van der Waals surface area (Å²) in [4.78, 5) is 24.4. The lowest BCUT2D eigenvalue weighted by Gasteiger charge is -2.06. The number of benzene rings is 2. The van der Waals surface area contributed by atoms with E-state index in [1.807, 2.05) is 0 Å². The Morgan fingerprint density at radius 2 is 1.86 bits per heavy atom. The normalized spacial score (nSPS) is 12.6. The van der Waals surface area contributed by atoms with Crippen molar-refractivity contribution in [2.24, 2.45) is 0 Å². The van der Waals surface area contributed by atoms with E-state index in [2.05, 4.69) is 0 Å². The maximum Gasteiger partial charge on any atom is 0.203 e. The smallest absolute Gasteiger partial charge is 0.203 e. The average Bonchev–Trinajstić information content (AvgIpc) is 2.46. The zero-order chi connectivity index (χ0) is 16.0. The standard InChI is InChI=1S/C16H12O6/c1-7(17)9-3-4-11-14(15(9)19)16(20)13-10(18)5-8(21-2)6-12(13)22-11/h3-6,17,20H,1-2H3/b9-7-. The maximum atomic E-state index is 12.3. The molecule has 0 aliphatic carbocycles. The van der Waals surface area contributed by atoms with Crippen LogP contribution in [0.4, 0.5) is 0 Å². The molecule has 112 valence electrons. The first-order valence-corrected chi connectivity index (χ1v) is 6.44. The number of hydrogen-bond acceptors (Lipinski definition) is 6. The molecule has 0 atom stereocenters. The Balaban J connectivity index is 2.62. The van der Waals surface area contributed by atoms with Crippen LogP contribution >= 0.6 is 0 Å². The van der Waals surface area contributed by atoms with Gasteiger partial charge in [0.25, 0.3) is 0 Å². The van der Waals surface area contributed by atoms with Gasteiger partial charge in [0.1, 0.15) is 39.2 Å². The molecule has 6 nitrogen and oxygen atoms in total. The Hall–Kier alpha value is -3.02. The Bertz CT molecular complexity index is 1070. The number of ether oxygens (including phenoxy) is 1. The molecule has 0 saturated heterocycles. The summed E-state index contributed by atoms with van der Waals surface area (Å²) in [6.45, 7) is 1.36. The van der Waals surface area contributed by atoms with Crippen LogP contribution in [0.3, 0.4) is 0 Å². The van der Waals surface area contributed by atoms with Crippen LogP contribution in [0.15, 0.2) is 38.3 Å². The predicted octanol–water partition coefficient (Wildman–Crippen LogP) is 1.43. The van der Waals surface area contributed by atoms with E-state index in [1.165, 1.54) is 38.3 Å². The van der Waals surface area contributed by atoms with E-state index in [9.17, 15) is 19.8 Å². The second-order valence-corrected chi connectivity index (χ2v) is 4.85. The molecule has 0 aliphatic rings. The number of aromatic hydroxyl groups is 1. The monoisotopic (exact) mass is 300 g/mol. The zero-order valence-electron chi connectivity index (χ0n) is 11.8. The van der Waals surface area contributed by atoms with Gasteiger partial charge in [-0.2, -0.15) is 0 Å². The number of rotatable bonds is 1. The highest BCUT2D eigenvalue weighted by Gasteiger charge is 2.16. The van der Waals surface area contributed by atoms with Crippen molar-refractivity contribution in [3.63, 3.8) is 0 Å². The average molecular weight is 300 g/mol. The third-order valence-corrected chi connectivity index (χ3v) is 3.48. The minimum atomic E-state index is -0.601. The number of hydrogen-bond donors (Lipinski definition) is 2. The molecule has 0 bridgehead atoms. The first kappa shape index (κ1) is 13.9. The van der Waals surface area contributed by atoms with Gasteiger partial charge in [0.05, 0.1) is 12.3 Å². The van der Waals surface area contributed by atoms with Crippen LogP contribution in [0.25, 0.3) is 27.7 Å². The fourth-order valence-corrected chi connectivity index (χ4v) is 2.40. The van der Waals surface area contributed by atoms with Crippen molar-refractivity contribution < 1.29 is 19.4 Å². The van der Waals surface area contributed by atoms with Crippen molar-refractivity contribution in [1.82, 2.24) is 0 Å². The summed E-state index contributed by atoms with van der Waals surface area (Å²) >= 11 is 0. The predicted molar refractivity (Wildman–Crippen MR) is 81.4 cm³/mol. The van der Waals surface area contributed by atoms with E-state index in [0.717, 1.165) is 0 Å². The van der Waals surface area contributed by atoms with E-state index in [1.54, 1.807) is 0 Å². The van der Waals surface area contributed by atoms with Gasteiger partial charge in [0, 0.05) is 12.1 Å². The summed E-state index contributed by atoms with van der Waals surface area (Å²) in [5.74, 6) is -0.348. The molecule has 1 heterocycles. The van der Waals surface area contributed by atoms with E-state index >= 15 is 0 Å². The van der Waals surface area contributed by atoms with Crippen LogP contribution in [0.2, 0.25) is 0 Å². The summed E-state index contributed by atoms with van der Waals surface area (Å²) in [5, 5.41) is 19.7. The van der Waals surface area contributed by atoms with Crippen LogP contribution < -0.4 is 20.8 Å². The van der Waals surface area contributed by atoms with Crippen molar-refractivity contribution in [3.05, 3.63) is 49.9 Å². The fourth-order valence-electron chi connectivity index (χ4n) is 2.40. The van der Waals surface area contributed by atoms with E-state index in [-0.39, 0.29) is 32.9 Å². The molecule has 1 aromatic heterocycles. The number of aliphatic hydroxyl groups excluding tert-OH is 1. The molecule has 0 spiro atoms. The van der Waals surface area contributed by atoms with Crippen molar-refractivity contribution >= 4 is 27.7 Å². The molecule has 2 aromatic carbocycles. The molecule has 22 heavy (non-hydrogen) atoms. The van der Waals surface area contributed by atoms with Crippen molar-refractivity contribution in [3.8, 4) is 11.5 Å². The summed E-state index contributed by atoms with van der Waals surface area (Å²) in [5.41, 5.74) is -0.887. The molecular formula is C16H12O6. The Morgan fingerprint density at radius 3 is 2.50 bits per heavy atom. The third kappa shape index (κ3) is 1.88. The van der Waals surface area contributed by atoms with E-state index in [0.29, 0.717) is 5.75 Å². The molecule has 0 radical (unpaired) electrons. The van der Waals surface area contributed by atoms with Crippen molar-refractivity contribution in [2.75, 3.05) is 7.11 Å². The summed E-state index contributed by atoms with van der Waals surface area (Å²) in [7, 11) is 1.41. The number of aliphatic hydroxyl groups is 1. The van der Waals surface area contributed by atoms with Crippen LogP contribution in [0.5, 0.6) is 11.5 Å². The van der Waals surface area contributed by atoms with Gasteiger partial charge in [-0.1, -0.05) is 0 Å². The Kier molecular flexibility index (Phi) is 3.02. The molecule has 0 unspecified atom stereocenters. The first-order chi connectivity index (χ1) is 10.4. The molecule has 0 fully saturated rings. The summed E-state index contributed by atoms with van der Waals surface area (Å²) in [6, 6.07) is 5.50. The lowest BCUT2D eigenvalue weighted by molar-refractivity contribution is 0.414. The molecular weight excluding hydrogens is 288 g/mol. The first-order valence-electron chi connectivity index (χ1n) is 6.44. The van der Waals surface area contributed by atoms with Crippen LogP contribution in [-0.2, 0) is 0 Å². The molecule has 2 N–H and O–H groups in total. The lowest BCUT2D eigenvalue weighted by atomic mass is 10.1. The van der Waals surface area contributed by atoms with Gasteiger partial charge < -0.3 is 19.4 Å². The molecule has 0 saturated carbocycles. The molecule has 6 heteroatoms. The number of fused-ring (bicyclic) bond motifs is 2. The van der Waals surface area contributed by atoms with Gasteiger partial charge in [-0.3, -0.25) is 9.59 Å². The highest BCUT2D eigenvalue weighted by atomic mass is 16.5. The highest BCUT2D eigenvalue weighted by Crippen LogP contribution is 2.30. The fraction of sp³-hybridized carbons (Fsp3) is 0.125. The van der Waals surface area contributed by atoms with Gasteiger partial charge in [-0.15, -0.1) is 0 Å². The zero-order valence-corrected chi connectivity index (χ0v) is 11.8. The molecule has 3 aromatic rings. The minimum Gasteiger partial charge on any atom is -0.512 e. The number of methoxy groups -OCH3 is 1. The molecule has 0 amide bonds. The van der Waals surface area contributed by atoms with Gasteiger partial charge >= 0.3 is 0 Å². The van der Waals surface area contributed by atoms with Crippen LogP contribution in [-0.4, -0.2) is 17.3 Å². The van der Waals surface area contributed by atoms with Crippen LogP contribution in [0, 0.1) is 0 Å². The van der Waals surface area contributed by atoms with E-state index < -0.39 is 16.6 Å². The topological polar surface area (TPSA) is 97.0 Å². The van der Waals surface area contributed by atoms with Gasteiger partial charge in [-0.05, 0) is 19.1 Å². The van der Waals surface area contributed by atoms with Crippen molar-refractivity contribution in [1.29, 1.82) is 0 Å². The molecule has 3 rings (SSSR count). The van der Waals surface area contributed by atoms with Crippen molar-refractivity contribution in [2.45, 2.75) is 6.92 Å². The highest BCUT2D eigenvalue weighted by molar-refractivity contribution is 5.98. The Morgan fingerprint density at radius 1 is 1.14 bits per heavy atom.